The average Bonchev–Trinajstić information content (AvgIpc) is 2.37. The van der Waals surface area contributed by atoms with E-state index in [2.05, 4.69) is 0 Å². The van der Waals surface area contributed by atoms with Gasteiger partial charge >= 0.3 is 0 Å². The summed E-state index contributed by atoms with van der Waals surface area (Å²) in [6.07, 6.45) is 0.376. The van der Waals surface area contributed by atoms with Gasteiger partial charge in [-0.15, -0.1) is 0 Å². The number of methoxy groups -OCH3 is 2. The molecule has 0 spiro atoms. The average molecular weight is 250 g/mol. The first-order chi connectivity index (χ1) is 8.58. The van der Waals surface area contributed by atoms with Crippen LogP contribution in [-0.2, 0) is 11.2 Å². The third-order valence-electron chi connectivity index (χ3n) is 3.58. The van der Waals surface area contributed by atoms with Crippen molar-refractivity contribution in [1.82, 2.24) is 0 Å². The van der Waals surface area contributed by atoms with E-state index in [1.54, 1.807) is 27.2 Å². The number of aliphatic hydroxyl groups is 1. The first-order valence-electron chi connectivity index (χ1n) is 6.00. The van der Waals surface area contributed by atoms with E-state index in [1.807, 2.05) is 6.07 Å². The Hall–Kier alpha value is -1.55. The molecule has 1 aromatic rings. The lowest BCUT2D eigenvalue weighted by molar-refractivity contribution is -0.122. The number of rotatable bonds is 3. The van der Waals surface area contributed by atoms with E-state index in [-0.39, 0.29) is 11.7 Å². The Bertz CT molecular complexity index is 467. The van der Waals surface area contributed by atoms with Crippen molar-refractivity contribution < 1.29 is 19.4 Å². The normalized spacial score (nSPS) is 22.2. The molecule has 2 atom stereocenters. The highest BCUT2D eigenvalue weighted by atomic mass is 16.5. The quantitative estimate of drug-likeness (QED) is 0.890. The van der Waals surface area contributed by atoms with Crippen LogP contribution in [0.25, 0.3) is 0 Å². The standard InChI is InChI=1S/C14H18O4/c1-8(15)9-6-10-12(17-2)4-5-13(18-3)14(10)11(16)7-9/h4-5,9,11,16H,6-7H2,1-3H3/t9-,11+/m0/s1. The molecule has 0 aromatic heterocycles. The van der Waals surface area contributed by atoms with Gasteiger partial charge in [0.25, 0.3) is 0 Å². The molecule has 0 heterocycles. The highest BCUT2D eigenvalue weighted by Crippen LogP contribution is 2.43. The van der Waals surface area contributed by atoms with Gasteiger partial charge in [-0.1, -0.05) is 0 Å². The number of ketones is 1. The maximum atomic E-state index is 11.5. The summed E-state index contributed by atoms with van der Waals surface area (Å²) in [6.45, 7) is 1.56. The van der Waals surface area contributed by atoms with Gasteiger partial charge in [-0.2, -0.15) is 0 Å². The lowest BCUT2D eigenvalue weighted by Crippen LogP contribution is -2.24. The maximum absolute atomic E-state index is 11.5. The topological polar surface area (TPSA) is 55.8 Å². The first kappa shape index (κ1) is 12.9. The molecule has 0 saturated heterocycles. The van der Waals surface area contributed by atoms with Crippen molar-refractivity contribution in [1.29, 1.82) is 0 Å². The van der Waals surface area contributed by atoms with Gasteiger partial charge in [-0.3, -0.25) is 4.79 Å². The predicted molar refractivity (Wildman–Crippen MR) is 67.0 cm³/mol. The minimum absolute atomic E-state index is 0.101. The number of aliphatic hydroxyl groups excluding tert-OH is 1. The van der Waals surface area contributed by atoms with Gasteiger partial charge in [0.1, 0.15) is 17.3 Å². The van der Waals surface area contributed by atoms with Crippen LogP contribution in [0.3, 0.4) is 0 Å². The molecule has 98 valence electrons. The lowest BCUT2D eigenvalue weighted by atomic mass is 9.79. The number of Topliss-reactive ketones (excluding diaryl/α,β-unsaturated/α-hetero) is 1. The van der Waals surface area contributed by atoms with Crippen molar-refractivity contribution in [3.8, 4) is 11.5 Å². The van der Waals surface area contributed by atoms with Crippen LogP contribution < -0.4 is 9.47 Å². The number of hydrogen-bond acceptors (Lipinski definition) is 4. The van der Waals surface area contributed by atoms with Gasteiger partial charge in [0.2, 0.25) is 0 Å². The number of benzene rings is 1. The monoisotopic (exact) mass is 250 g/mol. The van der Waals surface area contributed by atoms with Gasteiger partial charge in [0, 0.05) is 17.0 Å². The summed E-state index contributed by atoms with van der Waals surface area (Å²) in [5.41, 5.74) is 1.64. The molecule has 0 aliphatic heterocycles. The summed E-state index contributed by atoms with van der Waals surface area (Å²) in [5.74, 6) is 1.31. The number of carbonyl (C=O) groups is 1. The molecule has 1 aliphatic rings. The Kier molecular flexibility index (Phi) is 3.57. The van der Waals surface area contributed by atoms with Crippen LogP contribution >= 0.6 is 0 Å². The fraction of sp³-hybridized carbons (Fsp3) is 0.500. The fourth-order valence-electron chi connectivity index (χ4n) is 2.60. The largest absolute Gasteiger partial charge is 0.496 e. The van der Waals surface area contributed by atoms with E-state index in [9.17, 15) is 9.90 Å². The third-order valence-corrected chi connectivity index (χ3v) is 3.58. The van der Waals surface area contributed by atoms with E-state index in [1.165, 1.54) is 0 Å². The van der Waals surface area contributed by atoms with Crippen molar-refractivity contribution >= 4 is 5.78 Å². The molecule has 0 amide bonds. The number of hydrogen-bond donors (Lipinski definition) is 1. The lowest BCUT2D eigenvalue weighted by Gasteiger charge is -2.29. The first-order valence-corrected chi connectivity index (χ1v) is 6.00. The molecule has 0 bridgehead atoms. The Balaban J connectivity index is 2.52. The Labute approximate surface area is 107 Å². The zero-order valence-corrected chi connectivity index (χ0v) is 10.9. The maximum Gasteiger partial charge on any atom is 0.133 e. The third kappa shape index (κ3) is 2.08. The van der Waals surface area contributed by atoms with Crippen LogP contribution in [0.1, 0.15) is 30.6 Å². The van der Waals surface area contributed by atoms with Crippen molar-refractivity contribution in [3.05, 3.63) is 23.3 Å². The van der Waals surface area contributed by atoms with E-state index in [0.29, 0.717) is 24.3 Å². The zero-order valence-electron chi connectivity index (χ0n) is 10.9. The molecule has 0 saturated carbocycles. The summed E-state index contributed by atoms with van der Waals surface area (Å²) in [7, 11) is 3.16. The zero-order chi connectivity index (χ0) is 13.3. The van der Waals surface area contributed by atoms with Crippen LogP contribution in [0.15, 0.2) is 12.1 Å². The van der Waals surface area contributed by atoms with Crippen molar-refractivity contribution in [3.63, 3.8) is 0 Å². The molecule has 1 N–H and O–H groups in total. The Morgan fingerprint density at radius 2 is 1.89 bits per heavy atom. The fourth-order valence-corrected chi connectivity index (χ4v) is 2.60. The van der Waals surface area contributed by atoms with Crippen LogP contribution in [0.4, 0.5) is 0 Å². The molecule has 0 fully saturated rings. The molecular formula is C14H18O4. The van der Waals surface area contributed by atoms with Gasteiger partial charge in [-0.05, 0) is 31.9 Å². The highest BCUT2D eigenvalue weighted by Gasteiger charge is 2.32. The summed E-state index contributed by atoms with van der Waals surface area (Å²) < 4.78 is 10.6. The van der Waals surface area contributed by atoms with E-state index in [0.717, 1.165) is 11.1 Å². The summed E-state index contributed by atoms with van der Waals surface area (Å²) in [6, 6.07) is 3.60. The Morgan fingerprint density at radius 3 is 2.44 bits per heavy atom. The molecule has 1 aromatic carbocycles. The minimum Gasteiger partial charge on any atom is -0.496 e. The molecule has 2 rings (SSSR count). The SMILES string of the molecule is COc1ccc(OC)c2c1C[C@H](C(C)=O)C[C@H]2O. The molecular weight excluding hydrogens is 232 g/mol. The van der Waals surface area contributed by atoms with Crippen molar-refractivity contribution in [2.45, 2.75) is 25.9 Å². The van der Waals surface area contributed by atoms with Crippen molar-refractivity contribution in [2.75, 3.05) is 14.2 Å². The van der Waals surface area contributed by atoms with Crippen LogP contribution in [0.5, 0.6) is 11.5 Å². The summed E-state index contributed by atoms with van der Waals surface area (Å²) >= 11 is 0. The summed E-state index contributed by atoms with van der Waals surface area (Å²) in [4.78, 5) is 11.5. The minimum atomic E-state index is -0.673. The van der Waals surface area contributed by atoms with E-state index >= 15 is 0 Å². The van der Waals surface area contributed by atoms with Crippen LogP contribution in [0, 0.1) is 5.92 Å². The Morgan fingerprint density at radius 1 is 1.28 bits per heavy atom. The molecule has 0 radical (unpaired) electrons. The number of ether oxygens (including phenoxy) is 2. The van der Waals surface area contributed by atoms with Gasteiger partial charge in [-0.25, -0.2) is 0 Å². The van der Waals surface area contributed by atoms with Gasteiger partial charge in [0.05, 0.1) is 20.3 Å². The number of carbonyl (C=O) groups excluding carboxylic acids is 1. The molecule has 18 heavy (non-hydrogen) atoms. The molecule has 0 unspecified atom stereocenters. The van der Waals surface area contributed by atoms with E-state index in [4.69, 9.17) is 9.47 Å². The summed E-state index contributed by atoms with van der Waals surface area (Å²) in [5, 5.41) is 10.2. The number of fused-ring (bicyclic) bond motifs is 1. The van der Waals surface area contributed by atoms with Crippen LogP contribution in [-0.4, -0.2) is 25.1 Å². The predicted octanol–water partition coefficient (Wildman–Crippen LogP) is 1.89. The second-order valence-corrected chi connectivity index (χ2v) is 4.63. The second-order valence-electron chi connectivity index (χ2n) is 4.63. The molecule has 1 aliphatic carbocycles. The van der Waals surface area contributed by atoms with E-state index < -0.39 is 6.10 Å². The highest BCUT2D eigenvalue weighted by molar-refractivity contribution is 5.79. The van der Waals surface area contributed by atoms with Crippen LogP contribution in [0.2, 0.25) is 0 Å². The second kappa shape index (κ2) is 4.98. The van der Waals surface area contributed by atoms with Gasteiger partial charge < -0.3 is 14.6 Å². The van der Waals surface area contributed by atoms with Crippen molar-refractivity contribution in [2.24, 2.45) is 5.92 Å². The van der Waals surface area contributed by atoms with Gasteiger partial charge in [0.15, 0.2) is 0 Å². The molecule has 4 heteroatoms. The molecule has 4 nitrogen and oxygen atoms in total. The smallest absolute Gasteiger partial charge is 0.133 e.